The third kappa shape index (κ3) is 5.47. The van der Waals surface area contributed by atoms with Crippen molar-refractivity contribution in [2.75, 3.05) is 0 Å². The summed E-state index contributed by atoms with van der Waals surface area (Å²) >= 11 is 0. The van der Waals surface area contributed by atoms with Crippen LogP contribution < -0.4 is 0 Å². The highest BCUT2D eigenvalue weighted by atomic mass is 16.7. The lowest BCUT2D eigenvalue weighted by Crippen LogP contribution is -2.56. The normalized spacial score (nSPS) is 30.5. The van der Waals surface area contributed by atoms with Crippen LogP contribution in [0, 0.1) is 5.92 Å². The van der Waals surface area contributed by atoms with E-state index in [4.69, 9.17) is 19.3 Å². The van der Waals surface area contributed by atoms with Crippen molar-refractivity contribution in [2.45, 2.75) is 71.1 Å². The zero-order valence-corrected chi connectivity index (χ0v) is 13.6. The molecule has 0 aromatic carbocycles. The van der Waals surface area contributed by atoms with Crippen molar-refractivity contribution in [3.05, 3.63) is 0 Å². The molecule has 0 radical (unpaired) electrons. The van der Waals surface area contributed by atoms with E-state index in [2.05, 4.69) is 0 Å². The van der Waals surface area contributed by atoms with Crippen LogP contribution in [0.2, 0.25) is 0 Å². The number of carboxylic acid groups (broad SMARTS) is 1. The Morgan fingerprint density at radius 2 is 1.57 bits per heavy atom. The topological polar surface area (TPSA) is 119 Å². The number of ether oxygens (including phenoxy) is 3. The first-order valence-electron chi connectivity index (χ1n) is 7.74. The van der Waals surface area contributed by atoms with Crippen LogP contribution in [0.25, 0.3) is 0 Å². The predicted molar refractivity (Wildman–Crippen MR) is 77.3 cm³/mol. The van der Waals surface area contributed by atoms with Crippen LogP contribution in [-0.2, 0) is 28.6 Å². The van der Waals surface area contributed by atoms with Crippen LogP contribution in [0.4, 0.5) is 0 Å². The van der Waals surface area contributed by atoms with E-state index in [9.17, 15) is 19.5 Å². The average Bonchev–Trinajstić information content (AvgIpc) is 2.49. The van der Waals surface area contributed by atoms with Crippen molar-refractivity contribution in [3.63, 3.8) is 0 Å². The number of carboxylic acids is 1. The summed E-state index contributed by atoms with van der Waals surface area (Å²) in [6, 6.07) is 0. The van der Waals surface area contributed by atoms with Gasteiger partial charge in [-0.2, -0.15) is 0 Å². The van der Waals surface area contributed by atoms with E-state index in [0.29, 0.717) is 0 Å². The maximum Gasteiger partial charge on any atom is 0.306 e. The number of rotatable bonds is 7. The Labute approximate surface area is 134 Å². The maximum absolute atomic E-state index is 11.7. The molecule has 0 spiro atoms. The van der Waals surface area contributed by atoms with E-state index in [1.165, 1.54) is 0 Å². The minimum Gasteiger partial charge on any atom is -0.481 e. The van der Waals surface area contributed by atoms with Crippen LogP contribution in [-0.4, -0.2) is 52.7 Å². The van der Waals surface area contributed by atoms with E-state index < -0.39 is 48.4 Å². The van der Waals surface area contributed by atoms with Crippen molar-refractivity contribution in [1.29, 1.82) is 0 Å². The fourth-order valence-corrected chi connectivity index (χ4v) is 2.46. The molecule has 1 heterocycles. The molecular formula is C15H24O8. The number of carbonyl (C=O) groups excluding carboxylic acids is 2. The first kappa shape index (κ1) is 19.4. The van der Waals surface area contributed by atoms with Gasteiger partial charge in [0.05, 0.1) is 12.0 Å². The summed E-state index contributed by atoms with van der Waals surface area (Å²) in [6.07, 6.45) is -3.76. The number of aliphatic hydroxyl groups is 1. The largest absolute Gasteiger partial charge is 0.481 e. The van der Waals surface area contributed by atoms with Crippen molar-refractivity contribution < 1.29 is 38.8 Å². The summed E-state index contributed by atoms with van der Waals surface area (Å²) in [5.74, 6) is -2.84. The summed E-state index contributed by atoms with van der Waals surface area (Å²) in [5.41, 5.74) is 0. The Balaban J connectivity index is 2.99. The van der Waals surface area contributed by atoms with Gasteiger partial charge < -0.3 is 24.4 Å². The Morgan fingerprint density at radius 3 is 2.04 bits per heavy atom. The highest BCUT2D eigenvalue weighted by Crippen LogP contribution is 2.32. The quantitative estimate of drug-likeness (QED) is 0.658. The van der Waals surface area contributed by atoms with E-state index >= 15 is 0 Å². The highest BCUT2D eigenvalue weighted by molar-refractivity contribution is 5.70. The molecule has 1 unspecified atom stereocenters. The highest BCUT2D eigenvalue weighted by Gasteiger charge is 2.47. The Morgan fingerprint density at radius 1 is 1.04 bits per heavy atom. The fourth-order valence-electron chi connectivity index (χ4n) is 2.46. The summed E-state index contributed by atoms with van der Waals surface area (Å²) in [4.78, 5) is 34.1. The standard InChI is InChI=1S/C15H24O8/c1-4-11(18)22-13-8(3)21-15(20)9(6-7-10(16)17)14(13)23-12(19)5-2/h8-9,13-15,20H,4-7H2,1-3H3,(H,16,17)/t8-,9-,13+,14+,15?/m0/s1. The van der Waals surface area contributed by atoms with Crippen molar-refractivity contribution in [3.8, 4) is 0 Å². The number of esters is 2. The molecule has 1 aliphatic rings. The molecule has 0 aliphatic carbocycles. The maximum atomic E-state index is 11.7. The Bertz CT molecular complexity index is 435. The van der Waals surface area contributed by atoms with Crippen LogP contribution in [0.15, 0.2) is 0 Å². The molecule has 1 fully saturated rings. The van der Waals surface area contributed by atoms with Gasteiger partial charge in [0.15, 0.2) is 12.4 Å². The Kier molecular flexibility index (Phi) is 7.44. The number of aliphatic carboxylic acids is 1. The molecule has 23 heavy (non-hydrogen) atoms. The lowest BCUT2D eigenvalue weighted by Gasteiger charge is -2.42. The average molecular weight is 332 g/mol. The van der Waals surface area contributed by atoms with Gasteiger partial charge in [0.2, 0.25) is 0 Å². The fraction of sp³-hybridized carbons (Fsp3) is 0.800. The number of hydrogen-bond donors (Lipinski definition) is 2. The SMILES string of the molecule is CCC(=O)O[C@H]1[C@H](OC(=O)CC)[C@H](CCC(=O)O)C(O)O[C@H]1C. The monoisotopic (exact) mass is 332 g/mol. The molecule has 132 valence electrons. The second-order valence-electron chi connectivity index (χ2n) is 5.44. The molecule has 2 N–H and O–H groups in total. The second kappa shape index (κ2) is 8.83. The van der Waals surface area contributed by atoms with E-state index in [1.54, 1.807) is 20.8 Å². The number of carbonyl (C=O) groups is 3. The van der Waals surface area contributed by atoms with Gasteiger partial charge in [-0.3, -0.25) is 14.4 Å². The van der Waals surface area contributed by atoms with Gasteiger partial charge in [-0.25, -0.2) is 0 Å². The van der Waals surface area contributed by atoms with Crippen molar-refractivity contribution in [2.24, 2.45) is 5.92 Å². The van der Waals surface area contributed by atoms with Crippen molar-refractivity contribution in [1.82, 2.24) is 0 Å². The molecule has 5 atom stereocenters. The van der Waals surface area contributed by atoms with Gasteiger partial charge >= 0.3 is 17.9 Å². The van der Waals surface area contributed by atoms with Crippen molar-refractivity contribution >= 4 is 17.9 Å². The number of hydrogen-bond acceptors (Lipinski definition) is 7. The smallest absolute Gasteiger partial charge is 0.306 e. The Hall–Kier alpha value is -1.67. The van der Waals surface area contributed by atoms with Crippen LogP contribution in [0.5, 0.6) is 0 Å². The van der Waals surface area contributed by atoms with E-state index in [1.807, 2.05) is 0 Å². The molecule has 0 aromatic rings. The molecule has 8 heteroatoms. The zero-order chi connectivity index (χ0) is 17.6. The molecule has 0 bridgehead atoms. The zero-order valence-electron chi connectivity index (χ0n) is 13.6. The minimum absolute atomic E-state index is 0.0328. The summed E-state index contributed by atoms with van der Waals surface area (Å²) in [6.45, 7) is 4.83. The first-order chi connectivity index (χ1) is 10.8. The molecule has 1 aliphatic heterocycles. The third-order valence-electron chi connectivity index (χ3n) is 3.73. The summed E-state index contributed by atoms with van der Waals surface area (Å²) in [7, 11) is 0. The minimum atomic E-state index is -1.30. The van der Waals surface area contributed by atoms with Gasteiger partial charge in [0.1, 0.15) is 6.10 Å². The van der Waals surface area contributed by atoms with Gasteiger partial charge in [-0.1, -0.05) is 13.8 Å². The summed E-state index contributed by atoms with van der Waals surface area (Å²) in [5, 5.41) is 18.9. The van der Waals surface area contributed by atoms with Gasteiger partial charge in [-0.05, 0) is 13.3 Å². The molecule has 0 amide bonds. The van der Waals surface area contributed by atoms with Crippen LogP contribution in [0.3, 0.4) is 0 Å². The molecular weight excluding hydrogens is 308 g/mol. The van der Waals surface area contributed by atoms with Gasteiger partial charge in [0, 0.05) is 19.3 Å². The number of aliphatic hydroxyl groups excluding tert-OH is 1. The molecule has 1 rings (SSSR count). The first-order valence-corrected chi connectivity index (χ1v) is 7.74. The van der Waals surface area contributed by atoms with Crippen LogP contribution in [0.1, 0.15) is 46.5 Å². The molecule has 8 nitrogen and oxygen atoms in total. The van der Waals surface area contributed by atoms with E-state index in [0.717, 1.165) is 0 Å². The van der Waals surface area contributed by atoms with Gasteiger partial charge in [0.25, 0.3) is 0 Å². The van der Waals surface area contributed by atoms with E-state index in [-0.39, 0.29) is 25.7 Å². The predicted octanol–water partition coefficient (Wildman–Crippen LogP) is 0.848. The molecule has 1 saturated heterocycles. The lowest BCUT2D eigenvalue weighted by molar-refractivity contribution is -0.270. The van der Waals surface area contributed by atoms with Gasteiger partial charge in [-0.15, -0.1) is 0 Å². The third-order valence-corrected chi connectivity index (χ3v) is 3.73. The second-order valence-corrected chi connectivity index (χ2v) is 5.44. The molecule has 0 aromatic heterocycles. The summed E-state index contributed by atoms with van der Waals surface area (Å²) < 4.78 is 16.0. The lowest BCUT2D eigenvalue weighted by atomic mass is 9.87. The van der Waals surface area contributed by atoms with Crippen LogP contribution >= 0.6 is 0 Å². The molecule has 0 saturated carbocycles.